The third-order valence-electron chi connectivity index (χ3n) is 11.5. The Kier molecular flexibility index (Phi) is 45.0. The Morgan fingerprint density at radius 3 is 0.440 bits per heavy atom. The van der Waals surface area contributed by atoms with Crippen LogP contribution >= 0.6 is 0 Å². The van der Waals surface area contributed by atoms with Crippen molar-refractivity contribution >= 4 is 0 Å². The monoisotopic (exact) mass is 705 g/mol. The third kappa shape index (κ3) is 40.7. The predicted molar refractivity (Wildman–Crippen MR) is 231 cm³/mol. The minimum atomic E-state index is 1.35. The van der Waals surface area contributed by atoms with E-state index < -0.39 is 0 Å². The first-order valence-corrected chi connectivity index (χ1v) is 24.2. The van der Waals surface area contributed by atoms with Gasteiger partial charge in [0.05, 0.1) is 0 Å². The molecule has 0 bridgehead atoms. The van der Waals surface area contributed by atoms with Crippen LogP contribution in [0.3, 0.4) is 0 Å². The van der Waals surface area contributed by atoms with E-state index >= 15 is 0 Å². The van der Waals surface area contributed by atoms with E-state index in [0.29, 0.717) is 0 Å². The normalized spacial score (nSPS) is 11.9. The molecule has 0 unspecified atom stereocenters. The van der Waals surface area contributed by atoms with Crippen molar-refractivity contribution in [1.29, 1.82) is 0 Å². The van der Waals surface area contributed by atoms with Crippen LogP contribution in [-0.2, 0) is 0 Å². The molecule has 0 amide bonds. The summed E-state index contributed by atoms with van der Waals surface area (Å²) in [6.07, 6.45) is 54.8. The Hall–Kier alpha value is -0.0800. The van der Waals surface area contributed by atoms with Crippen LogP contribution < -0.4 is 0 Å². The Bertz CT molecular complexity index is 483. The molecule has 0 rings (SSSR count). The highest BCUT2D eigenvalue weighted by molar-refractivity contribution is 4.64. The summed E-state index contributed by atoms with van der Waals surface area (Å²) in [5.74, 6) is 0. The molecule has 302 valence electrons. The maximum atomic E-state index is 2.88. The summed E-state index contributed by atoms with van der Waals surface area (Å²) in [6.45, 7) is 17.4. The van der Waals surface area contributed by atoms with Crippen molar-refractivity contribution in [1.82, 2.24) is 9.80 Å². The molecule has 0 aliphatic heterocycles. The molecule has 0 radical (unpaired) electrons. The molecule has 0 saturated carbocycles. The molecule has 50 heavy (non-hydrogen) atoms. The molecule has 0 aromatic carbocycles. The molecule has 2 heteroatoms. The van der Waals surface area contributed by atoms with Gasteiger partial charge in [-0.1, -0.05) is 233 Å². The molecule has 0 aromatic rings. The average Bonchev–Trinajstić information content (AvgIpc) is 3.13. The van der Waals surface area contributed by atoms with Crippen molar-refractivity contribution in [2.75, 3.05) is 39.3 Å². The molecule has 0 atom stereocenters. The van der Waals surface area contributed by atoms with Crippen LogP contribution in [0.4, 0.5) is 0 Å². The van der Waals surface area contributed by atoms with Crippen molar-refractivity contribution in [3.05, 3.63) is 0 Å². The lowest BCUT2D eigenvalue weighted by molar-refractivity contribution is 0.229. The van der Waals surface area contributed by atoms with Gasteiger partial charge in [0.15, 0.2) is 0 Å². The van der Waals surface area contributed by atoms with Gasteiger partial charge in [-0.2, -0.15) is 0 Å². The maximum absolute atomic E-state index is 2.88. The van der Waals surface area contributed by atoms with Crippen molar-refractivity contribution in [3.63, 3.8) is 0 Å². The molecule has 2 nitrogen and oxygen atoms in total. The SMILES string of the molecule is CCCCCCCCCCCN(CCCCCCCCCCC)CCCCN(CCCCCCCCCCC)CCCCCCCCCCC. The van der Waals surface area contributed by atoms with E-state index in [0.717, 1.165) is 0 Å². The Morgan fingerprint density at radius 2 is 0.280 bits per heavy atom. The summed E-state index contributed by atoms with van der Waals surface area (Å²) in [4.78, 5) is 5.77. The fourth-order valence-electron chi connectivity index (χ4n) is 7.93. The van der Waals surface area contributed by atoms with E-state index in [2.05, 4.69) is 37.5 Å². The summed E-state index contributed by atoms with van der Waals surface area (Å²) in [5.41, 5.74) is 0. The second kappa shape index (κ2) is 45.1. The zero-order valence-electron chi connectivity index (χ0n) is 36.0. The summed E-state index contributed by atoms with van der Waals surface area (Å²) in [6, 6.07) is 0. The van der Waals surface area contributed by atoms with Crippen LogP contribution in [0.25, 0.3) is 0 Å². The lowest BCUT2D eigenvalue weighted by atomic mass is 10.1. The van der Waals surface area contributed by atoms with Crippen LogP contribution in [-0.4, -0.2) is 49.1 Å². The number of hydrogen-bond acceptors (Lipinski definition) is 2. The van der Waals surface area contributed by atoms with Crippen molar-refractivity contribution in [2.45, 2.75) is 272 Å². The topological polar surface area (TPSA) is 6.48 Å². The van der Waals surface area contributed by atoms with Crippen LogP contribution in [0.1, 0.15) is 272 Å². The number of nitrogens with zero attached hydrogens (tertiary/aromatic N) is 2. The second-order valence-electron chi connectivity index (χ2n) is 16.7. The summed E-state index contributed by atoms with van der Waals surface area (Å²) in [7, 11) is 0. The van der Waals surface area contributed by atoms with E-state index in [4.69, 9.17) is 0 Å². The number of hydrogen-bond donors (Lipinski definition) is 0. The first-order valence-electron chi connectivity index (χ1n) is 24.2. The number of unbranched alkanes of at least 4 members (excludes halogenated alkanes) is 33. The number of rotatable bonds is 45. The van der Waals surface area contributed by atoms with E-state index in [1.807, 2.05) is 0 Å². The maximum Gasteiger partial charge on any atom is -0.00183 e. The standard InChI is InChI=1S/C48H100N2/c1-5-9-13-17-21-25-29-33-37-43-49(44-38-34-30-26-22-18-14-10-6-2)47-41-42-48-50(45-39-35-31-27-23-19-15-11-7-3)46-40-36-32-28-24-20-16-12-8-4/h5-48H2,1-4H3. The average molecular weight is 705 g/mol. The molecule has 0 aliphatic rings. The van der Waals surface area contributed by atoms with Gasteiger partial charge in [0.1, 0.15) is 0 Å². The van der Waals surface area contributed by atoms with Crippen LogP contribution in [0.5, 0.6) is 0 Å². The molecule has 0 fully saturated rings. The van der Waals surface area contributed by atoms with E-state index in [1.165, 1.54) is 283 Å². The van der Waals surface area contributed by atoms with Gasteiger partial charge in [0.2, 0.25) is 0 Å². The Morgan fingerprint density at radius 1 is 0.160 bits per heavy atom. The van der Waals surface area contributed by atoms with Gasteiger partial charge < -0.3 is 9.80 Å². The smallest absolute Gasteiger partial charge is 0.00183 e. The highest BCUT2D eigenvalue weighted by atomic mass is 15.1. The fourth-order valence-corrected chi connectivity index (χ4v) is 7.93. The second-order valence-corrected chi connectivity index (χ2v) is 16.7. The molecule has 0 saturated heterocycles. The molecule has 0 heterocycles. The minimum absolute atomic E-state index is 1.35. The van der Waals surface area contributed by atoms with Crippen LogP contribution in [0, 0.1) is 0 Å². The molecular formula is C48H100N2. The molecular weight excluding hydrogens is 605 g/mol. The van der Waals surface area contributed by atoms with E-state index in [1.54, 1.807) is 0 Å². The lowest BCUT2D eigenvalue weighted by Crippen LogP contribution is -2.30. The van der Waals surface area contributed by atoms with E-state index in [-0.39, 0.29) is 0 Å². The van der Waals surface area contributed by atoms with Gasteiger partial charge in [0.25, 0.3) is 0 Å². The van der Waals surface area contributed by atoms with Gasteiger partial charge in [0, 0.05) is 0 Å². The van der Waals surface area contributed by atoms with Crippen molar-refractivity contribution in [3.8, 4) is 0 Å². The van der Waals surface area contributed by atoms with Gasteiger partial charge in [-0.05, 0) is 77.8 Å². The molecule has 0 spiro atoms. The first kappa shape index (κ1) is 49.9. The minimum Gasteiger partial charge on any atom is -0.303 e. The third-order valence-corrected chi connectivity index (χ3v) is 11.5. The Balaban J connectivity index is 4.54. The van der Waals surface area contributed by atoms with Gasteiger partial charge in [-0.25, -0.2) is 0 Å². The quantitative estimate of drug-likeness (QED) is 0.0582. The molecule has 0 aromatic heterocycles. The first-order chi connectivity index (χ1) is 24.8. The van der Waals surface area contributed by atoms with Gasteiger partial charge in [-0.15, -0.1) is 0 Å². The molecule has 0 N–H and O–H groups in total. The fraction of sp³-hybridized carbons (Fsp3) is 1.00. The van der Waals surface area contributed by atoms with Gasteiger partial charge in [-0.3, -0.25) is 0 Å². The van der Waals surface area contributed by atoms with Crippen molar-refractivity contribution < 1.29 is 0 Å². The zero-order valence-corrected chi connectivity index (χ0v) is 36.0. The summed E-state index contributed by atoms with van der Waals surface area (Å²) < 4.78 is 0. The van der Waals surface area contributed by atoms with Crippen molar-refractivity contribution in [2.24, 2.45) is 0 Å². The lowest BCUT2D eigenvalue weighted by Gasteiger charge is -2.25. The predicted octanol–water partition coefficient (Wildman–Crippen LogP) is 16.5. The zero-order chi connectivity index (χ0) is 36.3. The van der Waals surface area contributed by atoms with Crippen LogP contribution in [0.2, 0.25) is 0 Å². The summed E-state index contributed by atoms with van der Waals surface area (Å²) >= 11 is 0. The highest BCUT2D eigenvalue weighted by Gasteiger charge is 2.08. The summed E-state index contributed by atoms with van der Waals surface area (Å²) in [5, 5.41) is 0. The van der Waals surface area contributed by atoms with Gasteiger partial charge >= 0.3 is 0 Å². The Labute approximate surface area is 319 Å². The largest absolute Gasteiger partial charge is 0.303 e. The van der Waals surface area contributed by atoms with Crippen LogP contribution in [0.15, 0.2) is 0 Å². The highest BCUT2D eigenvalue weighted by Crippen LogP contribution is 2.15. The molecule has 0 aliphatic carbocycles. The van der Waals surface area contributed by atoms with E-state index in [9.17, 15) is 0 Å².